The van der Waals surface area contributed by atoms with Crippen molar-refractivity contribution in [1.29, 1.82) is 0 Å². The minimum absolute atomic E-state index is 0.124. The SMILES string of the molecule is CC1CCC2C(C(=O)O)=CC3(O)C(O)C(C)(C)CC123. The van der Waals surface area contributed by atoms with Gasteiger partial charge in [0.25, 0.3) is 0 Å². The van der Waals surface area contributed by atoms with Crippen molar-refractivity contribution in [3.63, 3.8) is 0 Å². The number of rotatable bonds is 1. The summed E-state index contributed by atoms with van der Waals surface area (Å²) < 4.78 is 0. The maximum atomic E-state index is 11.4. The summed E-state index contributed by atoms with van der Waals surface area (Å²) in [5, 5.41) is 31.0. The Kier molecular flexibility index (Phi) is 2.36. The number of carbonyl (C=O) groups is 1. The van der Waals surface area contributed by atoms with Gasteiger partial charge in [0.05, 0.1) is 6.10 Å². The number of hydrogen-bond donors (Lipinski definition) is 3. The van der Waals surface area contributed by atoms with E-state index in [2.05, 4.69) is 6.92 Å². The molecule has 0 radical (unpaired) electrons. The van der Waals surface area contributed by atoms with Crippen molar-refractivity contribution >= 4 is 5.97 Å². The molecule has 0 saturated heterocycles. The first-order chi connectivity index (χ1) is 8.67. The van der Waals surface area contributed by atoms with Crippen LogP contribution in [-0.2, 0) is 4.79 Å². The standard InChI is InChI=1S/C15H22O4/c1-8-4-5-10-9(11(16)17)6-15(19)12(18)13(2,3)7-14(8,10)15/h6,8,10,12,18-19H,4-5,7H2,1-3H3,(H,16,17). The molecule has 5 unspecified atom stereocenters. The average Bonchev–Trinajstić information content (AvgIpc) is 2.79. The highest BCUT2D eigenvalue weighted by molar-refractivity contribution is 5.89. The van der Waals surface area contributed by atoms with E-state index in [1.807, 2.05) is 13.8 Å². The molecule has 2 fully saturated rings. The van der Waals surface area contributed by atoms with E-state index in [1.54, 1.807) is 0 Å². The highest BCUT2D eigenvalue weighted by atomic mass is 16.4. The van der Waals surface area contributed by atoms with Crippen LogP contribution in [0.3, 0.4) is 0 Å². The minimum atomic E-state index is -1.38. The zero-order chi connectivity index (χ0) is 14.2. The summed E-state index contributed by atoms with van der Waals surface area (Å²) in [4.78, 5) is 11.4. The van der Waals surface area contributed by atoms with Crippen molar-refractivity contribution < 1.29 is 20.1 Å². The lowest BCUT2D eigenvalue weighted by Gasteiger charge is -2.41. The Balaban J connectivity index is 2.20. The molecule has 0 aromatic heterocycles. The molecular formula is C15H22O4. The molecule has 3 aliphatic rings. The molecule has 3 aliphatic carbocycles. The van der Waals surface area contributed by atoms with Crippen LogP contribution >= 0.6 is 0 Å². The van der Waals surface area contributed by atoms with E-state index in [-0.39, 0.29) is 17.3 Å². The number of carboxylic acid groups (broad SMARTS) is 1. The van der Waals surface area contributed by atoms with Crippen LogP contribution in [0, 0.1) is 22.7 Å². The number of carboxylic acids is 1. The van der Waals surface area contributed by atoms with Crippen LogP contribution < -0.4 is 0 Å². The van der Waals surface area contributed by atoms with E-state index >= 15 is 0 Å². The quantitative estimate of drug-likeness (QED) is 0.673. The fraction of sp³-hybridized carbons (Fsp3) is 0.800. The van der Waals surface area contributed by atoms with Crippen molar-refractivity contribution in [3.8, 4) is 0 Å². The second-order valence-corrected chi connectivity index (χ2v) is 7.37. The second-order valence-electron chi connectivity index (χ2n) is 7.37. The number of hydrogen-bond acceptors (Lipinski definition) is 3. The molecule has 0 heterocycles. The van der Waals surface area contributed by atoms with Crippen LogP contribution in [-0.4, -0.2) is 33.0 Å². The summed E-state index contributed by atoms with van der Waals surface area (Å²) in [6.07, 6.45) is 2.94. The van der Waals surface area contributed by atoms with Crippen LogP contribution in [0.2, 0.25) is 0 Å². The van der Waals surface area contributed by atoms with Gasteiger partial charge in [-0.25, -0.2) is 4.79 Å². The zero-order valence-electron chi connectivity index (χ0n) is 11.7. The lowest BCUT2D eigenvalue weighted by Crippen LogP contribution is -2.51. The first kappa shape index (κ1) is 13.1. The Morgan fingerprint density at radius 3 is 2.58 bits per heavy atom. The lowest BCUT2D eigenvalue weighted by atomic mass is 9.65. The smallest absolute Gasteiger partial charge is 0.331 e. The van der Waals surface area contributed by atoms with E-state index in [9.17, 15) is 20.1 Å². The van der Waals surface area contributed by atoms with Gasteiger partial charge in [-0.2, -0.15) is 0 Å². The largest absolute Gasteiger partial charge is 0.478 e. The molecule has 0 bridgehead atoms. The van der Waals surface area contributed by atoms with Crippen molar-refractivity contribution in [3.05, 3.63) is 11.6 Å². The average molecular weight is 266 g/mol. The zero-order valence-corrected chi connectivity index (χ0v) is 11.7. The van der Waals surface area contributed by atoms with Crippen LogP contribution in [0.15, 0.2) is 11.6 Å². The Labute approximate surface area is 113 Å². The molecule has 1 spiro atoms. The molecule has 0 aromatic rings. The summed E-state index contributed by atoms with van der Waals surface area (Å²) in [7, 11) is 0. The fourth-order valence-corrected chi connectivity index (χ4v) is 5.28. The molecule has 4 heteroatoms. The molecule has 0 aliphatic heterocycles. The van der Waals surface area contributed by atoms with Crippen molar-refractivity contribution in [2.24, 2.45) is 22.7 Å². The monoisotopic (exact) mass is 266 g/mol. The van der Waals surface area contributed by atoms with E-state index in [1.165, 1.54) is 6.08 Å². The van der Waals surface area contributed by atoms with Crippen molar-refractivity contribution in [2.45, 2.75) is 51.7 Å². The highest BCUT2D eigenvalue weighted by Gasteiger charge is 2.74. The molecular weight excluding hydrogens is 244 g/mol. The Bertz CT molecular complexity index is 481. The Morgan fingerprint density at radius 1 is 1.37 bits per heavy atom. The van der Waals surface area contributed by atoms with E-state index < -0.39 is 23.1 Å². The van der Waals surface area contributed by atoms with Gasteiger partial charge < -0.3 is 15.3 Å². The fourth-order valence-electron chi connectivity index (χ4n) is 5.28. The van der Waals surface area contributed by atoms with Crippen LogP contribution in [0.5, 0.6) is 0 Å². The van der Waals surface area contributed by atoms with Gasteiger partial charge in [0, 0.05) is 11.0 Å². The maximum absolute atomic E-state index is 11.4. The Morgan fingerprint density at radius 2 is 2.00 bits per heavy atom. The molecule has 106 valence electrons. The van der Waals surface area contributed by atoms with Gasteiger partial charge in [0.2, 0.25) is 0 Å². The molecule has 4 nitrogen and oxygen atoms in total. The topological polar surface area (TPSA) is 77.8 Å². The van der Waals surface area contributed by atoms with Gasteiger partial charge in [-0.1, -0.05) is 20.8 Å². The van der Waals surface area contributed by atoms with Crippen molar-refractivity contribution in [1.82, 2.24) is 0 Å². The van der Waals surface area contributed by atoms with E-state index in [0.29, 0.717) is 12.0 Å². The number of aliphatic hydroxyl groups is 2. The summed E-state index contributed by atoms with van der Waals surface area (Å²) in [5.74, 6) is -0.847. The molecule has 0 amide bonds. The Hall–Kier alpha value is -0.870. The predicted molar refractivity (Wildman–Crippen MR) is 69.4 cm³/mol. The molecule has 0 aromatic carbocycles. The van der Waals surface area contributed by atoms with Gasteiger partial charge in [0.15, 0.2) is 0 Å². The van der Waals surface area contributed by atoms with Gasteiger partial charge in [-0.3, -0.25) is 0 Å². The normalized spacial score (nSPS) is 50.8. The molecule has 3 N–H and O–H groups in total. The van der Waals surface area contributed by atoms with Crippen LogP contribution in [0.4, 0.5) is 0 Å². The third-order valence-electron chi connectivity index (χ3n) is 6.04. The van der Waals surface area contributed by atoms with Gasteiger partial charge in [0.1, 0.15) is 5.60 Å². The van der Waals surface area contributed by atoms with Gasteiger partial charge in [-0.15, -0.1) is 0 Å². The van der Waals surface area contributed by atoms with Crippen LogP contribution in [0.1, 0.15) is 40.0 Å². The second kappa shape index (κ2) is 3.41. The molecule has 5 atom stereocenters. The van der Waals surface area contributed by atoms with Gasteiger partial charge in [-0.05, 0) is 42.6 Å². The maximum Gasteiger partial charge on any atom is 0.331 e. The van der Waals surface area contributed by atoms with Crippen molar-refractivity contribution in [2.75, 3.05) is 0 Å². The summed E-state index contributed by atoms with van der Waals surface area (Å²) in [6.45, 7) is 6.00. The first-order valence-electron chi connectivity index (χ1n) is 7.03. The molecule has 3 rings (SSSR count). The molecule has 2 saturated carbocycles. The molecule has 19 heavy (non-hydrogen) atoms. The summed E-state index contributed by atoms with van der Waals surface area (Å²) in [5.41, 5.74) is -1.96. The minimum Gasteiger partial charge on any atom is -0.478 e. The van der Waals surface area contributed by atoms with E-state index in [4.69, 9.17) is 0 Å². The van der Waals surface area contributed by atoms with Gasteiger partial charge >= 0.3 is 5.97 Å². The van der Waals surface area contributed by atoms with E-state index in [0.717, 1.165) is 12.8 Å². The first-order valence-corrected chi connectivity index (χ1v) is 7.03. The van der Waals surface area contributed by atoms with Crippen LogP contribution in [0.25, 0.3) is 0 Å². The number of aliphatic carboxylic acids is 1. The number of aliphatic hydroxyl groups excluding tert-OH is 1. The lowest BCUT2D eigenvalue weighted by molar-refractivity contribution is -0.133. The summed E-state index contributed by atoms with van der Waals surface area (Å²) in [6, 6.07) is 0. The highest BCUT2D eigenvalue weighted by Crippen LogP contribution is 2.71. The summed E-state index contributed by atoms with van der Waals surface area (Å²) >= 11 is 0. The predicted octanol–water partition coefficient (Wildman–Crippen LogP) is 1.57. The third-order valence-corrected chi connectivity index (χ3v) is 6.04. The third kappa shape index (κ3) is 1.24.